The summed E-state index contributed by atoms with van der Waals surface area (Å²) < 4.78 is 0. The molecular formula is C23H19N3O2. The summed E-state index contributed by atoms with van der Waals surface area (Å²) in [4.78, 5) is 21.9. The maximum Gasteiger partial charge on any atom is 0.252 e. The lowest BCUT2D eigenvalue weighted by Gasteiger charge is -2.14. The Labute approximate surface area is 162 Å². The second-order valence-corrected chi connectivity index (χ2v) is 6.42. The fraction of sp³-hybridized carbons (Fsp3) is 0.0870. The van der Waals surface area contributed by atoms with Crippen LogP contribution in [0.25, 0.3) is 22.3 Å². The molecule has 0 aliphatic rings. The molecule has 2 heterocycles. The molecule has 0 saturated heterocycles. The number of para-hydroxylation sites is 1. The van der Waals surface area contributed by atoms with Crippen molar-refractivity contribution in [2.45, 2.75) is 6.10 Å². The van der Waals surface area contributed by atoms with E-state index in [1.807, 2.05) is 72.8 Å². The van der Waals surface area contributed by atoms with Gasteiger partial charge in [-0.2, -0.15) is 0 Å². The maximum absolute atomic E-state index is 12.9. The second-order valence-electron chi connectivity index (χ2n) is 6.42. The van der Waals surface area contributed by atoms with Gasteiger partial charge in [0.15, 0.2) is 0 Å². The first-order valence-electron chi connectivity index (χ1n) is 9.05. The molecule has 138 valence electrons. The number of fused-ring (bicyclic) bond motifs is 1. The van der Waals surface area contributed by atoms with Gasteiger partial charge in [0, 0.05) is 18.1 Å². The number of amides is 1. The van der Waals surface area contributed by atoms with Gasteiger partial charge in [0.25, 0.3) is 5.91 Å². The summed E-state index contributed by atoms with van der Waals surface area (Å²) in [6.45, 7) is 0.123. The Morgan fingerprint density at radius 2 is 1.68 bits per heavy atom. The third kappa shape index (κ3) is 3.75. The minimum atomic E-state index is -0.770. The van der Waals surface area contributed by atoms with Gasteiger partial charge in [0.05, 0.1) is 28.6 Å². The predicted octanol–water partition coefficient (Wildman–Crippen LogP) is 3.76. The zero-order chi connectivity index (χ0) is 19.3. The SMILES string of the molecule is O=C(NC[C@H](O)c1ccccc1)c1cc(-c2ccccn2)nc2ccccc12. The molecule has 2 aromatic heterocycles. The molecule has 0 spiro atoms. The molecule has 1 amide bonds. The van der Waals surface area contributed by atoms with Gasteiger partial charge in [-0.1, -0.05) is 54.6 Å². The molecule has 0 unspecified atom stereocenters. The molecule has 2 N–H and O–H groups in total. The number of rotatable bonds is 5. The first-order valence-corrected chi connectivity index (χ1v) is 9.05. The van der Waals surface area contributed by atoms with Crippen LogP contribution in [0, 0.1) is 0 Å². The summed E-state index contributed by atoms with van der Waals surface area (Å²) in [5.41, 5.74) is 3.32. The van der Waals surface area contributed by atoms with Gasteiger partial charge in [-0.25, -0.2) is 4.98 Å². The Morgan fingerprint density at radius 3 is 2.46 bits per heavy atom. The summed E-state index contributed by atoms with van der Waals surface area (Å²) in [5.74, 6) is -0.259. The number of nitrogens with one attached hydrogen (secondary N) is 1. The lowest BCUT2D eigenvalue weighted by Crippen LogP contribution is -2.28. The normalized spacial score (nSPS) is 11.9. The van der Waals surface area contributed by atoms with Crippen LogP contribution in [-0.4, -0.2) is 27.5 Å². The van der Waals surface area contributed by atoms with Crippen LogP contribution in [0.1, 0.15) is 22.0 Å². The van der Waals surface area contributed by atoms with Crippen molar-refractivity contribution >= 4 is 16.8 Å². The van der Waals surface area contributed by atoms with Crippen LogP contribution in [0.2, 0.25) is 0 Å². The molecular weight excluding hydrogens is 350 g/mol. The molecule has 2 aromatic carbocycles. The number of carbonyl (C=O) groups excluding carboxylic acids is 1. The molecule has 0 fully saturated rings. The number of hydrogen-bond acceptors (Lipinski definition) is 4. The van der Waals surface area contributed by atoms with Gasteiger partial charge in [-0.3, -0.25) is 9.78 Å². The van der Waals surface area contributed by atoms with Crippen molar-refractivity contribution in [1.82, 2.24) is 15.3 Å². The average molecular weight is 369 g/mol. The molecule has 0 aliphatic heterocycles. The van der Waals surface area contributed by atoms with E-state index >= 15 is 0 Å². The van der Waals surface area contributed by atoms with Gasteiger partial charge in [-0.05, 0) is 29.8 Å². The average Bonchev–Trinajstić information content (AvgIpc) is 2.77. The summed E-state index contributed by atoms with van der Waals surface area (Å²) in [6.07, 6.45) is 0.927. The van der Waals surface area contributed by atoms with Crippen molar-refractivity contribution < 1.29 is 9.90 Å². The summed E-state index contributed by atoms with van der Waals surface area (Å²) in [5, 5.41) is 13.9. The van der Waals surface area contributed by atoms with E-state index in [2.05, 4.69) is 15.3 Å². The summed E-state index contributed by atoms with van der Waals surface area (Å²) in [7, 11) is 0. The fourth-order valence-electron chi connectivity index (χ4n) is 3.09. The van der Waals surface area contributed by atoms with Gasteiger partial charge in [0.1, 0.15) is 0 Å². The van der Waals surface area contributed by atoms with Gasteiger partial charge < -0.3 is 10.4 Å². The lowest BCUT2D eigenvalue weighted by molar-refractivity contribution is 0.0918. The predicted molar refractivity (Wildman–Crippen MR) is 109 cm³/mol. The highest BCUT2D eigenvalue weighted by Gasteiger charge is 2.16. The van der Waals surface area contributed by atoms with Crippen LogP contribution in [0.5, 0.6) is 0 Å². The molecule has 0 saturated carbocycles. The topological polar surface area (TPSA) is 75.1 Å². The smallest absolute Gasteiger partial charge is 0.252 e. The Hall–Kier alpha value is -3.57. The van der Waals surface area contributed by atoms with Gasteiger partial charge in [-0.15, -0.1) is 0 Å². The molecule has 5 nitrogen and oxygen atoms in total. The highest BCUT2D eigenvalue weighted by Crippen LogP contribution is 2.23. The number of pyridine rings is 2. The summed E-state index contributed by atoms with van der Waals surface area (Å²) >= 11 is 0. The largest absolute Gasteiger partial charge is 0.387 e. The summed E-state index contributed by atoms with van der Waals surface area (Å²) in [6, 6.07) is 24.1. The standard InChI is InChI=1S/C23H19N3O2/c27-22(16-8-2-1-3-9-16)15-25-23(28)18-14-21(20-12-6-7-13-24-20)26-19-11-5-4-10-17(18)19/h1-14,22,27H,15H2,(H,25,28)/t22-/m0/s1. The third-order valence-corrected chi connectivity index (χ3v) is 4.53. The third-order valence-electron chi connectivity index (χ3n) is 4.53. The zero-order valence-electron chi connectivity index (χ0n) is 15.1. The van der Waals surface area contributed by atoms with E-state index < -0.39 is 6.10 Å². The van der Waals surface area contributed by atoms with Crippen molar-refractivity contribution in [3.8, 4) is 11.4 Å². The van der Waals surface area contributed by atoms with E-state index in [-0.39, 0.29) is 12.5 Å². The van der Waals surface area contributed by atoms with E-state index in [4.69, 9.17) is 0 Å². The first kappa shape index (κ1) is 17.8. The van der Waals surface area contributed by atoms with Crippen LogP contribution >= 0.6 is 0 Å². The molecule has 0 radical (unpaired) electrons. The number of benzene rings is 2. The van der Waals surface area contributed by atoms with Crippen LogP contribution in [0.4, 0.5) is 0 Å². The Bertz CT molecular complexity index is 1100. The number of aliphatic hydroxyl groups is 1. The molecule has 0 aliphatic carbocycles. The minimum Gasteiger partial charge on any atom is -0.387 e. The van der Waals surface area contributed by atoms with E-state index in [0.717, 1.165) is 16.5 Å². The highest BCUT2D eigenvalue weighted by molar-refractivity contribution is 6.07. The number of carbonyl (C=O) groups is 1. The van der Waals surface area contributed by atoms with E-state index in [9.17, 15) is 9.90 Å². The van der Waals surface area contributed by atoms with Crippen LogP contribution < -0.4 is 5.32 Å². The molecule has 4 aromatic rings. The molecule has 28 heavy (non-hydrogen) atoms. The van der Waals surface area contributed by atoms with Gasteiger partial charge >= 0.3 is 0 Å². The van der Waals surface area contributed by atoms with Crippen molar-refractivity contribution in [3.05, 3.63) is 96.2 Å². The zero-order valence-corrected chi connectivity index (χ0v) is 15.1. The highest BCUT2D eigenvalue weighted by atomic mass is 16.3. The second kappa shape index (κ2) is 7.98. The fourth-order valence-corrected chi connectivity index (χ4v) is 3.09. The van der Waals surface area contributed by atoms with Crippen LogP contribution in [0.3, 0.4) is 0 Å². The Kier molecular flexibility index (Phi) is 5.08. The van der Waals surface area contributed by atoms with Crippen molar-refractivity contribution in [2.75, 3.05) is 6.54 Å². The minimum absolute atomic E-state index is 0.123. The molecule has 1 atom stereocenters. The van der Waals surface area contributed by atoms with Crippen molar-refractivity contribution in [1.29, 1.82) is 0 Å². The number of hydrogen-bond donors (Lipinski definition) is 2. The quantitative estimate of drug-likeness (QED) is 0.562. The Balaban J connectivity index is 1.64. The van der Waals surface area contributed by atoms with Crippen LogP contribution in [0.15, 0.2) is 85.1 Å². The molecule has 5 heteroatoms. The Morgan fingerprint density at radius 1 is 0.929 bits per heavy atom. The number of nitrogens with zero attached hydrogens (tertiary/aromatic N) is 2. The van der Waals surface area contributed by atoms with Crippen LogP contribution in [-0.2, 0) is 0 Å². The lowest BCUT2D eigenvalue weighted by atomic mass is 10.0. The molecule has 4 rings (SSSR count). The van der Waals surface area contributed by atoms with Gasteiger partial charge in [0.2, 0.25) is 0 Å². The molecule has 0 bridgehead atoms. The number of aliphatic hydroxyl groups excluding tert-OH is 1. The first-order chi connectivity index (χ1) is 13.7. The van der Waals surface area contributed by atoms with E-state index in [0.29, 0.717) is 17.0 Å². The van der Waals surface area contributed by atoms with Crippen molar-refractivity contribution in [3.63, 3.8) is 0 Å². The number of aromatic nitrogens is 2. The van der Waals surface area contributed by atoms with E-state index in [1.54, 1.807) is 12.3 Å². The monoisotopic (exact) mass is 369 g/mol. The van der Waals surface area contributed by atoms with Crippen molar-refractivity contribution in [2.24, 2.45) is 0 Å². The maximum atomic E-state index is 12.9. The van der Waals surface area contributed by atoms with E-state index in [1.165, 1.54) is 0 Å².